The maximum absolute atomic E-state index is 12.0. The van der Waals surface area contributed by atoms with Crippen molar-refractivity contribution >= 4 is 5.91 Å². The number of nitrogens with one attached hydrogen (secondary N) is 1. The average Bonchev–Trinajstić information content (AvgIpc) is 2.48. The standard InChI is InChI=1S/C19H31NO/c1-5-7-8-17(6-2)14-20-19(21)12-11-18-10-9-15(3)16(4)13-18/h9-10,13,17H,5-8,11-12,14H2,1-4H3,(H,20,21)/t17-/m0/s1. The maximum atomic E-state index is 12.0. The van der Waals surface area contributed by atoms with Crippen molar-refractivity contribution in [1.29, 1.82) is 0 Å². The predicted molar refractivity (Wildman–Crippen MR) is 90.6 cm³/mol. The van der Waals surface area contributed by atoms with Gasteiger partial charge < -0.3 is 5.32 Å². The van der Waals surface area contributed by atoms with E-state index >= 15 is 0 Å². The van der Waals surface area contributed by atoms with Crippen molar-refractivity contribution in [2.24, 2.45) is 5.92 Å². The Labute approximate surface area is 130 Å². The normalized spacial score (nSPS) is 12.2. The molecule has 0 fully saturated rings. The van der Waals surface area contributed by atoms with E-state index in [9.17, 15) is 4.79 Å². The molecular weight excluding hydrogens is 258 g/mol. The highest BCUT2D eigenvalue weighted by atomic mass is 16.1. The first kappa shape index (κ1) is 17.7. The number of unbranched alkanes of at least 4 members (excludes halogenated alkanes) is 1. The molecule has 0 aliphatic carbocycles. The Kier molecular flexibility index (Phi) is 8.11. The molecule has 1 rings (SSSR count). The topological polar surface area (TPSA) is 29.1 Å². The maximum Gasteiger partial charge on any atom is 0.220 e. The van der Waals surface area contributed by atoms with Crippen LogP contribution < -0.4 is 5.32 Å². The van der Waals surface area contributed by atoms with Crippen LogP contribution in [0.2, 0.25) is 0 Å². The Morgan fingerprint density at radius 3 is 2.57 bits per heavy atom. The Hall–Kier alpha value is -1.31. The fraction of sp³-hybridized carbons (Fsp3) is 0.632. The van der Waals surface area contributed by atoms with E-state index < -0.39 is 0 Å². The van der Waals surface area contributed by atoms with Crippen LogP contribution in [-0.2, 0) is 11.2 Å². The number of carbonyl (C=O) groups is 1. The lowest BCUT2D eigenvalue weighted by Gasteiger charge is -2.15. The first-order valence-corrected chi connectivity index (χ1v) is 8.39. The molecule has 0 radical (unpaired) electrons. The van der Waals surface area contributed by atoms with Gasteiger partial charge in [0.2, 0.25) is 5.91 Å². The smallest absolute Gasteiger partial charge is 0.220 e. The van der Waals surface area contributed by atoms with Gasteiger partial charge in [-0.15, -0.1) is 0 Å². The number of benzene rings is 1. The average molecular weight is 289 g/mol. The van der Waals surface area contributed by atoms with Gasteiger partial charge in [0, 0.05) is 13.0 Å². The van der Waals surface area contributed by atoms with Crippen molar-refractivity contribution in [3.8, 4) is 0 Å². The van der Waals surface area contributed by atoms with Crippen molar-refractivity contribution in [3.63, 3.8) is 0 Å². The van der Waals surface area contributed by atoms with Crippen molar-refractivity contribution in [3.05, 3.63) is 34.9 Å². The molecule has 21 heavy (non-hydrogen) atoms. The molecule has 2 heteroatoms. The van der Waals surface area contributed by atoms with Crippen LogP contribution in [0.4, 0.5) is 0 Å². The Morgan fingerprint density at radius 1 is 1.19 bits per heavy atom. The lowest BCUT2D eigenvalue weighted by molar-refractivity contribution is -0.121. The quantitative estimate of drug-likeness (QED) is 0.709. The monoisotopic (exact) mass is 289 g/mol. The Morgan fingerprint density at radius 2 is 1.95 bits per heavy atom. The summed E-state index contributed by atoms with van der Waals surface area (Å²) in [5.74, 6) is 0.818. The van der Waals surface area contributed by atoms with Crippen molar-refractivity contribution in [2.75, 3.05) is 6.54 Å². The van der Waals surface area contributed by atoms with Gasteiger partial charge in [0.05, 0.1) is 0 Å². The van der Waals surface area contributed by atoms with Gasteiger partial charge >= 0.3 is 0 Å². The summed E-state index contributed by atoms with van der Waals surface area (Å²) in [7, 11) is 0. The first-order valence-electron chi connectivity index (χ1n) is 8.39. The van der Waals surface area contributed by atoms with E-state index in [4.69, 9.17) is 0 Å². The summed E-state index contributed by atoms with van der Waals surface area (Å²) in [5.41, 5.74) is 3.87. The highest BCUT2D eigenvalue weighted by Gasteiger charge is 2.08. The van der Waals surface area contributed by atoms with E-state index in [1.54, 1.807) is 0 Å². The molecule has 1 N–H and O–H groups in total. The fourth-order valence-corrected chi connectivity index (χ4v) is 2.51. The Bertz CT molecular complexity index is 439. The second-order valence-corrected chi connectivity index (χ2v) is 6.14. The zero-order valence-corrected chi connectivity index (χ0v) is 14.2. The number of hydrogen-bond donors (Lipinski definition) is 1. The molecule has 118 valence electrons. The number of carbonyl (C=O) groups excluding carboxylic acids is 1. The molecule has 1 aromatic rings. The summed E-state index contributed by atoms with van der Waals surface area (Å²) in [6.07, 6.45) is 6.29. The summed E-state index contributed by atoms with van der Waals surface area (Å²) < 4.78 is 0. The predicted octanol–water partition coefficient (Wildman–Crippen LogP) is 4.57. The third-order valence-electron chi connectivity index (χ3n) is 4.34. The van der Waals surface area contributed by atoms with Crippen LogP contribution in [-0.4, -0.2) is 12.5 Å². The van der Waals surface area contributed by atoms with Crippen LogP contribution >= 0.6 is 0 Å². The van der Waals surface area contributed by atoms with Gasteiger partial charge in [0.25, 0.3) is 0 Å². The van der Waals surface area contributed by atoms with E-state index in [0.29, 0.717) is 12.3 Å². The van der Waals surface area contributed by atoms with Gasteiger partial charge in [0.1, 0.15) is 0 Å². The molecule has 0 spiro atoms. The fourth-order valence-electron chi connectivity index (χ4n) is 2.51. The zero-order valence-electron chi connectivity index (χ0n) is 14.2. The van der Waals surface area contributed by atoms with Crippen molar-refractivity contribution < 1.29 is 4.79 Å². The Balaban J connectivity index is 2.31. The molecule has 0 saturated carbocycles. The van der Waals surface area contributed by atoms with Crippen LogP contribution in [0.1, 0.15) is 62.6 Å². The van der Waals surface area contributed by atoms with E-state index in [-0.39, 0.29) is 5.91 Å². The summed E-state index contributed by atoms with van der Waals surface area (Å²) in [4.78, 5) is 12.0. The van der Waals surface area contributed by atoms with Crippen LogP contribution in [0.3, 0.4) is 0 Å². The molecule has 0 aromatic heterocycles. The van der Waals surface area contributed by atoms with Crippen LogP contribution in [0.15, 0.2) is 18.2 Å². The number of amides is 1. The summed E-state index contributed by atoms with van der Waals surface area (Å²) in [6, 6.07) is 6.46. The van der Waals surface area contributed by atoms with E-state index in [1.807, 2.05) is 0 Å². The molecule has 1 aromatic carbocycles. The molecule has 0 aliphatic heterocycles. The molecule has 0 unspecified atom stereocenters. The van der Waals surface area contributed by atoms with Gasteiger partial charge in [-0.1, -0.05) is 51.3 Å². The van der Waals surface area contributed by atoms with Crippen LogP contribution in [0.25, 0.3) is 0 Å². The lowest BCUT2D eigenvalue weighted by atomic mass is 9.99. The minimum atomic E-state index is 0.183. The third-order valence-corrected chi connectivity index (χ3v) is 4.34. The lowest BCUT2D eigenvalue weighted by Crippen LogP contribution is -2.29. The highest BCUT2D eigenvalue weighted by Crippen LogP contribution is 2.13. The molecule has 2 nitrogen and oxygen atoms in total. The summed E-state index contributed by atoms with van der Waals surface area (Å²) in [5, 5.41) is 3.10. The summed E-state index contributed by atoms with van der Waals surface area (Å²) >= 11 is 0. The van der Waals surface area contributed by atoms with Crippen LogP contribution in [0, 0.1) is 19.8 Å². The number of aryl methyl sites for hydroxylation is 3. The van der Waals surface area contributed by atoms with E-state index in [0.717, 1.165) is 19.4 Å². The summed E-state index contributed by atoms with van der Waals surface area (Å²) in [6.45, 7) is 9.50. The molecule has 1 atom stereocenters. The molecule has 0 heterocycles. The zero-order chi connectivity index (χ0) is 15.7. The SMILES string of the molecule is CCCC[C@H](CC)CNC(=O)CCc1ccc(C)c(C)c1. The first-order chi connectivity index (χ1) is 10.1. The minimum absolute atomic E-state index is 0.183. The molecule has 1 amide bonds. The van der Waals surface area contributed by atoms with E-state index in [2.05, 4.69) is 51.2 Å². The largest absolute Gasteiger partial charge is 0.356 e. The molecule has 0 saturated heterocycles. The van der Waals surface area contributed by atoms with Gasteiger partial charge in [-0.3, -0.25) is 4.79 Å². The van der Waals surface area contributed by atoms with Crippen LogP contribution in [0.5, 0.6) is 0 Å². The second-order valence-electron chi connectivity index (χ2n) is 6.14. The van der Waals surface area contributed by atoms with Gasteiger partial charge in [0.15, 0.2) is 0 Å². The number of hydrogen-bond acceptors (Lipinski definition) is 1. The second kappa shape index (κ2) is 9.59. The highest BCUT2D eigenvalue weighted by molar-refractivity contribution is 5.76. The number of rotatable bonds is 9. The van der Waals surface area contributed by atoms with Crippen molar-refractivity contribution in [1.82, 2.24) is 5.32 Å². The van der Waals surface area contributed by atoms with Crippen molar-refractivity contribution in [2.45, 2.75) is 66.2 Å². The van der Waals surface area contributed by atoms with Gasteiger partial charge in [-0.05, 0) is 49.3 Å². The molecular formula is C19H31NO. The molecule has 0 aliphatic rings. The minimum Gasteiger partial charge on any atom is -0.356 e. The van der Waals surface area contributed by atoms with Gasteiger partial charge in [-0.25, -0.2) is 0 Å². The molecule has 0 bridgehead atoms. The van der Waals surface area contributed by atoms with Gasteiger partial charge in [-0.2, -0.15) is 0 Å². The van der Waals surface area contributed by atoms with E-state index in [1.165, 1.54) is 36.0 Å². The third kappa shape index (κ3) is 6.79.